The molecular weight excluding hydrogens is 442 g/mol. The lowest BCUT2D eigenvalue weighted by atomic mass is 10.0. The number of hydrogen-bond donors (Lipinski definition) is 1. The highest BCUT2D eigenvalue weighted by molar-refractivity contribution is 7.15. The van der Waals surface area contributed by atoms with Crippen LogP contribution in [0.5, 0.6) is 11.5 Å². The van der Waals surface area contributed by atoms with E-state index in [-0.39, 0.29) is 5.54 Å². The van der Waals surface area contributed by atoms with Gasteiger partial charge in [0.25, 0.3) is 0 Å². The molecule has 1 unspecified atom stereocenters. The molecule has 32 heavy (non-hydrogen) atoms. The van der Waals surface area contributed by atoms with Crippen LogP contribution in [0.1, 0.15) is 47.7 Å². The van der Waals surface area contributed by atoms with Gasteiger partial charge in [-0.1, -0.05) is 35.9 Å². The standard InChI is InChI=1S/C25H26ClN3O2S/c26-19-6-2-1-5-17(19)13-20(29-11-3-4-12-29)23-15-27-24(32-23)28-25(9-10-25)18-7-8-21-22(14-18)31-16-30-21/h1-2,5-8,14-15,20H,3-4,9-13,16H2,(H,27,28). The van der Waals surface area contributed by atoms with Crippen molar-refractivity contribution in [3.05, 3.63) is 69.7 Å². The van der Waals surface area contributed by atoms with Gasteiger partial charge in [-0.15, -0.1) is 11.3 Å². The predicted octanol–water partition coefficient (Wildman–Crippen LogP) is 6.01. The Bertz CT molecular complexity index is 1120. The summed E-state index contributed by atoms with van der Waals surface area (Å²) in [6.07, 6.45) is 7.68. The largest absolute Gasteiger partial charge is 0.454 e. The number of halogens is 1. The summed E-state index contributed by atoms with van der Waals surface area (Å²) in [7, 11) is 0. The molecule has 0 amide bonds. The molecule has 0 bridgehead atoms. The normalized spacial score (nSPS) is 19.8. The van der Waals surface area contributed by atoms with E-state index in [9.17, 15) is 0 Å². The summed E-state index contributed by atoms with van der Waals surface area (Å²) in [5.41, 5.74) is 2.39. The predicted molar refractivity (Wildman–Crippen MR) is 128 cm³/mol. The molecule has 2 aromatic carbocycles. The fourth-order valence-corrected chi connectivity index (χ4v) is 6.11. The SMILES string of the molecule is Clc1ccccc1CC(c1cnc(NC2(c3ccc4c(c3)OCO4)CC2)s1)N1CCCC1. The van der Waals surface area contributed by atoms with Crippen molar-refractivity contribution in [1.29, 1.82) is 0 Å². The number of nitrogens with one attached hydrogen (secondary N) is 1. The summed E-state index contributed by atoms with van der Waals surface area (Å²) >= 11 is 8.29. The van der Waals surface area contributed by atoms with Crippen LogP contribution >= 0.6 is 22.9 Å². The van der Waals surface area contributed by atoms with Crippen LogP contribution in [0.15, 0.2) is 48.7 Å². The maximum atomic E-state index is 6.51. The second-order valence-electron chi connectivity index (χ2n) is 8.90. The molecule has 1 N–H and O–H groups in total. The van der Waals surface area contributed by atoms with Gasteiger partial charge in [0.2, 0.25) is 6.79 Å². The zero-order valence-electron chi connectivity index (χ0n) is 17.9. The highest BCUT2D eigenvalue weighted by Gasteiger charge is 2.45. The number of nitrogens with zero attached hydrogens (tertiary/aromatic N) is 2. The molecule has 2 aliphatic heterocycles. The number of benzene rings is 2. The zero-order chi connectivity index (χ0) is 21.5. The molecule has 3 aliphatic rings. The van der Waals surface area contributed by atoms with Gasteiger partial charge in [-0.2, -0.15) is 0 Å². The van der Waals surface area contributed by atoms with E-state index < -0.39 is 0 Å². The van der Waals surface area contributed by atoms with E-state index in [1.54, 1.807) is 11.3 Å². The lowest BCUT2D eigenvalue weighted by molar-refractivity contribution is 0.174. The number of aromatic nitrogens is 1. The molecule has 0 spiro atoms. The first-order valence-corrected chi connectivity index (χ1v) is 12.5. The molecule has 3 heterocycles. The lowest BCUT2D eigenvalue weighted by Gasteiger charge is -2.26. The minimum absolute atomic E-state index is 0.0536. The third-order valence-electron chi connectivity index (χ3n) is 6.83. The third kappa shape index (κ3) is 3.85. The number of anilines is 1. The van der Waals surface area contributed by atoms with E-state index in [0.29, 0.717) is 12.8 Å². The van der Waals surface area contributed by atoms with Crippen LogP contribution in [0, 0.1) is 0 Å². The van der Waals surface area contributed by atoms with Crippen LogP contribution in [-0.2, 0) is 12.0 Å². The van der Waals surface area contributed by atoms with E-state index in [0.717, 1.165) is 54.0 Å². The van der Waals surface area contributed by atoms with Crippen molar-refractivity contribution in [1.82, 2.24) is 9.88 Å². The second kappa shape index (κ2) is 8.25. The van der Waals surface area contributed by atoms with Crippen molar-refractivity contribution in [2.75, 3.05) is 25.2 Å². The summed E-state index contributed by atoms with van der Waals surface area (Å²) in [6.45, 7) is 2.58. The highest BCUT2D eigenvalue weighted by atomic mass is 35.5. The van der Waals surface area contributed by atoms with Gasteiger partial charge in [0.15, 0.2) is 16.6 Å². The van der Waals surface area contributed by atoms with Gasteiger partial charge in [-0.3, -0.25) is 4.90 Å². The number of ether oxygens (including phenoxy) is 2. The Labute approximate surface area is 197 Å². The smallest absolute Gasteiger partial charge is 0.231 e. The molecule has 1 saturated carbocycles. The fraction of sp³-hybridized carbons (Fsp3) is 0.400. The van der Waals surface area contributed by atoms with E-state index >= 15 is 0 Å². The van der Waals surface area contributed by atoms with Crippen LogP contribution < -0.4 is 14.8 Å². The minimum atomic E-state index is -0.0536. The van der Waals surface area contributed by atoms with Crippen LogP contribution in [0.2, 0.25) is 5.02 Å². The van der Waals surface area contributed by atoms with E-state index in [1.807, 2.05) is 18.2 Å². The van der Waals surface area contributed by atoms with Crippen LogP contribution in [-0.4, -0.2) is 29.8 Å². The molecular formula is C25H26ClN3O2S. The molecule has 1 aliphatic carbocycles. The number of fused-ring (bicyclic) bond motifs is 1. The van der Waals surface area contributed by atoms with Crippen molar-refractivity contribution in [3.63, 3.8) is 0 Å². The summed E-state index contributed by atoms with van der Waals surface area (Å²) < 4.78 is 11.1. The minimum Gasteiger partial charge on any atom is -0.454 e. The van der Waals surface area contributed by atoms with Crippen molar-refractivity contribution in [3.8, 4) is 11.5 Å². The average molecular weight is 468 g/mol. The Morgan fingerprint density at radius 3 is 2.72 bits per heavy atom. The summed E-state index contributed by atoms with van der Waals surface area (Å²) in [5.74, 6) is 1.67. The molecule has 5 nitrogen and oxygen atoms in total. The van der Waals surface area contributed by atoms with Gasteiger partial charge in [0.05, 0.1) is 5.54 Å². The van der Waals surface area contributed by atoms with E-state index in [1.165, 1.54) is 28.8 Å². The van der Waals surface area contributed by atoms with Gasteiger partial charge in [0.1, 0.15) is 0 Å². The second-order valence-corrected chi connectivity index (χ2v) is 10.4. The van der Waals surface area contributed by atoms with Gasteiger partial charge in [-0.05, 0) is 74.5 Å². The molecule has 0 radical (unpaired) electrons. The average Bonchev–Trinajstić information content (AvgIpc) is 3.24. The quantitative estimate of drug-likeness (QED) is 0.461. The first kappa shape index (κ1) is 20.3. The third-order valence-corrected chi connectivity index (χ3v) is 8.21. The van der Waals surface area contributed by atoms with Gasteiger partial charge >= 0.3 is 0 Å². The Morgan fingerprint density at radius 1 is 1.09 bits per heavy atom. The summed E-state index contributed by atoms with van der Waals surface area (Å²) in [5, 5.41) is 5.58. The summed E-state index contributed by atoms with van der Waals surface area (Å²) in [6, 6.07) is 14.8. The number of rotatable bonds is 7. The maximum Gasteiger partial charge on any atom is 0.231 e. The molecule has 6 rings (SSSR count). The van der Waals surface area contributed by atoms with Crippen molar-refractivity contribution < 1.29 is 9.47 Å². The topological polar surface area (TPSA) is 46.6 Å². The summed E-state index contributed by atoms with van der Waals surface area (Å²) in [4.78, 5) is 8.68. The van der Waals surface area contributed by atoms with Gasteiger partial charge in [0, 0.05) is 22.1 Å². The van der Waals surface area contributed by atoms with Crippen LogP contribution in [0.3, 0.4) is 0 Å². The van der Waals surface area contributed by atoms with Crippen molar-refractivity contribution in [2.45, 2.75) is 43.7 Å². The number of thiazole rings is 1. The Hall–Kier alpha value is -2.28. The molecule has 1 aromatic heterocycles. The Kier molecular flexibility index (Phi) is 5.24. The van der Waals surface area contributed by atoms with Crippen molar-refractivity contribution >= 4 is 28.1 Å². The molecule has 2 fully saturated rings. The fourth-order valence-electron chi connectivity index (χ4n) is 4.84. The lowest BCUT2D eigenvalue weighted by Crippen LogP contribution is -2.26. The van der Waals surface area contributed by atoms with Crippen LogP contribution in [0.25, 0.3) is 0 Å². The molecule has 1 saturated heterocycles. The number of hydrogen-bond acceptors (Lipinski definition) is 6. The van der Waals surface area contributed by atoms with E-state index in [4.69, 9.17) is 26.1 Å². The van der Waals surface area contributed by atoms with Gasteiger partial charge < -0.3 is 14.8 Å². The molecule has 3 aromatic rings. The zero-order valence-corrected chi connectivity index (χ0v) is 19.4. The molecule has 166 valence electrons. The first-order valence-electron chi connectivity index (χ1n) is 11.3. The Balaban J connectivity index is 1.24. The highest BCUT2D eigenvalue weighted by Crippen LogP contribution is 2.51. The molecule has 7 heteroatoms. The van der Waals surface area contributed by atoms with E-state index in [2.05, 4.69) is 40.7 Å². The Morgan fingerprint density at radius 2 is 1.91 bits per heavy atom. The monoisotopic (exact) mass is 467 g/mol. The van der Waals surface area contributed by atoms with Gasteiger partial charge in [-0.25, -0.2) is 4.98 Å². The first-order chi connectivity index (χ1) is 15.7. The van der Waals surface area contributed by atoms with Crippen LogP contribution in [0.4, 0.5) is 5.13 Å². The maximum absolute atomic E-state index is 6.51. The number of likely N-dealkylation sites (tertiary alicyclic amines) is 1. The molecule has 1 atom stereocenters. The van der Waals surface area contributed by atoms with Crippen molar-refractivity contribution in [2.24, 2.45) is 0 Å².